The van der Waals surface area contributed by atoms with E-state index in [0.29, 0.717) is 16.3 Å². The molecule has 0 aliphatic carbocycles. The fraction of sp³-hybridized carbons (Fsp3) is 0.185. The molecule has 0 spiro atoms. The predicted molar refractivity (Wildman–Crippen MR) is 126 cm³/mol. The number of para-hydroxylation sites is 1. The summed E-state index contributed by atoms with van der Waals surface area (Å²) in [6.07, 6.45) is 0. The number of esters is 1. The van der Waals surface area contributed by atoms with E-state index in [1.54, 1.807) is 6.07 Å². The number of hydrogen-bond donors (Lipinski definition) is 0. The average Bonchev–Trinajstić information content (AvgIpc) is 2.77. The quantitative estimate of drug-likeness (QED) is 0.322. The fourth-order valence-electron chi connectivity index (χ4n) is 3.44. The summed E-state index contributed by atoms with van der Waals surface area (Å²) >= 11 is 6.02. The second kappa shape index (κ2) is 8.52. The molecule has 0 unspecified atom stereocenters. The van der Waals surface area contributed by atoms with Gasteiger partial charge in [0.15, 0.2) is 0 Å². The Balaban J connectivity index is 1.62. The van der Waals surface area contributed by atoms with Gasteiger partial charge in [0.1, 0.15) is 6.61 Å². The number of ether oxygens (including phenoxy) is 1. The van der Waals surface area contributed by atoms with E-state index in [0.717, 1.165) is 22.0 Å². The van der Waals surface area contributed by atoms with Crippen molar-refractivity contribution in [3.63, 3.8) is 0 Å². The highest BCUT2D eigenvalue weighted by atomic mass is 35.5. The molecule has 1 aromatic heterocycles. The molecule has 4 heteroatoms. The summed E-state index contributed by atoms with van der Waals surface area (Å²) in [5, 5.41) is 1.43. The van der Waals surface area contributed by atoms with Crippen LogP contribution in [0.2, 0.25) is 5.02 Å². The van der Waals surface area contributed by atoms with Crippen LogP contribution in [0.1, 0.15) is 42.3 Å². The maximum Gasteiger partial charge on any atom is 0.339 e. The summed E-state index contributed by atoms with van der Waals surface area (Å²) in [5.74, 6) is -0.367. The monoisotopic (exact) mass is 429 g/mol. The molecule has 3 nitrogen and oxygen atoms in total. The summed E-state index contributed by atoms with van der Waals surface area (Å²) in [5.41, 5.74) is 5.13. The summed E-state index contributed by atoms with van der Waals surface area (Å²) in [6.45, 7) is 6.74. The number of carbonyl (C=O) groups excluding carboxylic acids is 1. The summed E-state index contributed by atoms with van der Waals surface area (Å²) in [7, 11) is 0. The van der Waals surface area contributed by atoms with Crippen molar-refractivity contribution in [2.75, 3.05) is 0 Å². The second-order valence-corrected chi connectivity index (χ2v) is 9.04. The van der Waals surface area contributed by atoms with Gasteiger partial charge in [-0.3, -0.25) is 0 Å². The molecular formula is C27H24ClNO2. The van der Waals surface area contributed by atoms with Crippen molar-refractivity contribution < 1.29 is 9.53 Å². The van der Waals surface area contributed by atoms with Gasteiger partial charge in [0, 0.05) is 16.0 Å². The lowest BCUT2D eigenvalue weighted by Crippen LogP contribution is -2.11. The first-order valence-electron chi connectivity index (χ1n) is 10.2. The third-order valence-electron chi connectivity index (χ3n) is 5.27. The first-order chi connectivity index (χ1) is 14.8. The van der Waals surface area contributed by atoms with Gasteiger partial charge in [-0.1, -0.05) is 87.0 Å². The molecule has 31 heavy (non-hydrogen) atoms. The van der Waals surface area contributed by atoms with Gasteiger partial charge in [0.05, 0.1) is 16.8 Å². The molecule has 0 aliphatic heterocycles. The molecule has 4 aromatic rings. The molecule has 0 saturated heterocycles. The topological polar surface area (TPSA) is 39.2 Å². The van der Waals surface area contributed by atoms with Gasteiger partial charge in [-0.25, -0.2) is 9.78 Å². The van der Waals surface area contributed by atoms with E-state index in [1.807, 2.05) is 60.7 Å². The van der Waals surface area contributed by atoms with Crippen LogP contribution in [0.25, 0.3) is 22.2 Å². The van der Waals surface area contributed by atoms with Gasteiger partial charge in [-0.2, -0.15) is 0 Å². The minimum Gasteiger partial charge on any atom is -0.457 e. The second-order valence-electron chi connectivity index (χ2n) is 8.60. The van der Waals surface area contributed by atoms with Gasteiger partial charge in [-0.05, 0) is 40.8 Å². The zero-order valence-corrected chi connectivity index (χ0v) is 18.6. The van der Waals surface area contributed by atoms with Crippen LogP contribution in [0.5, 0.6) is 0 Å². The lowest BCUT2D eigenvalue weighted by molar-refractivity contribution is 0.0475. The third kappa shape index (κ3) is 4.78. The lowest BCUT2D eigenvalue weighted by atomic mass is 9.87. The molecule has 3 aromatic carbocycles. The Morgan fingerprint density at radius 1 is 0.935 bits per heavy atom. The van der Waals surface area contributed by atoms with E-state index in [-0.39, 0.29) is 18.0 Å². The van der Waals surface area contributed by atoms with Crippen LogP contribution in [0, 0.1) is 0 Å². The first-order valence-corrected chi connectivity index (χ1v) is 10.6. The molecule has 0 fully saturated rings. The molecule has 4 rings (SSSR count). The van der Waals surface area contributed by atoms with Crippen LogP contribution in [-0.2, 0) is 16.8 Å². The molecule has 0 bridgehead atoms. The highest BCUT2D eigenvalue weighted by Crippen LogP contribution is 2.27. The number of pyridine rings is 1. The molecule has 1 heterocycles. The van der Waals surface area contributed by atoms with Crippen molar-refractivity contribution in [3.8, 4) is 11.3 Å². The van der Waals surface area contributed by atoms with E-state index >= 15 is 0 Å². The summed E-state index contributed by atoms with van der Waals surface area (Å²) in [4.78, 5) is 17.7. The number of rotatable bonds is 4. The van der Waals surface area contributed by atoms with Crippen molar-refractivity contribution >= 4 is 28.5 Å². The zero-order chi connectivity index (χ0) is 22.0. The van der Waals surface area contributed by atoms with E-state index in [1.165, 1.54) is 5.56 Å². The molecule has 0 aliphatic rings. The van der Waals surface area contributed by atoms with E-state index < -0.39 is 0 Å². The van der Waals surface area contributed by atoms with Crippen LogP contribution in [0.15, 0.2) is 78.9 Å². The number of fused-ring (bicyclic) bond motifs is 1. The average molecular weight is 430 g/mol. The van der Waals surface area contributed by atoms with Crippen LogP contribution in [0.4, 0.5) is 0 Å². The maximum atomic E-state index is 13.0. The van der Waals surface area contributed by atoms with Crippen molar-refractivity contribution in [1.29, 1.82) is 0 Å². The molecule has 0 N–H and O–H groups in total. The van der Waals surface area contributed by atoms with E-state index in [2.05, 4.69) is 32.9 Å². The summed E-state index contributed by atoms with van der Waals surface area (Å²) in [6, 6.07) is 25.0. The smallest absolute Gasteiger partial charge is 0.339 e. The fourth-order valence-corrected chi connectivity index (χ4v) is 3.57. The molecule has 156 valence electrons. The van der Waals surface area contributed by atoms with Crippen molar-refractivity contribution in [2.24, 2.45) is 0 Å². The lowest BCUT2D eigenvalue weighted by Gasteiger charge is -2.19. The predicted octanol–water partition coefficient (Wildman–Crippen LogP) is 7.21. The molecule has 0 amide bonds. The van der Waals surface area contributed by atoms with E-state index in [4.69, 9.17) is 21.3 Å². The van der Waals surface area contributed by atoms with Gasteiger partial charge in [0.2, 0.25) is 0 Å². The van der Waals surface area contributed by atoms with Crippen LogP contribution in [-0.4, -0.2) is 11.0 Å². The van der Waals surface area contributed by atoms with E-state index in [9.17, 15) is 4.79 Å². The standard InChI is InChI=1S/C27H24ClNO2/c1-27(2,3)20-12-8-18(9-13-20)17-31-26(30)23-16-25(19-10-14-21(28)15-11-19)29-24-7-5-4-6-22(23)24/h4-16H,17H2,1-3H3. The number of carbonyl (C=O) groups is 1. The minimum atomic E-state index is -0.367. The number of benzene rings is 3. The Morgan fingerprint density at radius 3 is 2.29 bits per heavy atom. The van der Waals surface area contributed by atoms with Gasteiger partial charge in [0.25, 0.3) is 0 Å². The molecule has 0 saturated carbocycles. The van der Waals surface area contributed by atoms with Gasteiger partial charge in [-0.15, -0.1) is 0 Å². The molecular weight excluding hydrogens is 406 g/mol. The zero-order valence-electron chi connectivity index (χ0n) is 17.9. The van der Waals surface area contributed by atoms with Crippen LogP contribution < -0.4 is 0 Å². The summed E-state index contributed by atoms with van der Waals surface area (Å²) < 4.78 is 5.67. The molecule has 0 atom stereocenters. The minimum absolute atomic E-state index is 0.0865. The third-order valence-corrected chi connectivity index (χ3v) is 5.52. The normalized spacial score (nSPS) is 11.5. The largest absolute Gasteiger partial charge is 0.457 e. The number of aromatic nitrogens is 1. The highest BCUT2D eigenvalue weighted by Gasteiger charge is 2.16. The Kier molecular flexibility index (Phi) is 5.79. The van der Waals surface area contributed by atoms with Crippen molar-refractivity contribution in [2.45, 2.75) is 32.8 Å². The maximum absolute atomic E-state index is 13.0. The Bertz CT molecular complexity index is 1220. The van der Waals surface area contributed by atoms with Gasteiger partial charge >= 0.3 is 5.97 Å². The van der Waals surface area contributed by atoms with Crippen LogP contribution >= 0.6 is 11.6 Å². The Labute approximate surface area is 187 Å². The van der Waals surface area contributed by atoms with Gasteiger partial charge < -0.3 is 4.74 Å². The van der Waals surface area contributed by atoms with Crippen molar-refractivity contribution in [1.82, 2.24) is 4.98 Å². The Morgan fingerprint density at radius 2 is 1.61 bits per heavy atom. The number of hydrogen-bond acceptors (Lipinski definition) is 3. The van der Waals surface area contributed by atoms with Crippen molar-refractivity contribution in [3.05, 3.63) is 101 Å². The Hall–Kier alpha value is -3.17. The highest BCUT2D eigenvalue weighted by molar-refractivity contribution is 6.30. The SMILES string of the molecule is CC(C)(C)c1ccc(COC(=O)c2cc(-c3ccc(Cl)cc3)nc3ccccc23)cc1. The first kappa shape index (κ1) is 21.1. The number of nitrogens with zero attached hydrogens (tertiary/aromatic N) is 1. The molecule has 0 radical (unpaired) electrons. The number of halogens is 1. The van der Waals surface area contributed by atoms with Crippen LogP contribution in [0.3, 0.4) is 0 Å².